The first-order valence-electron chi connectivity index (χ1n) is 9.35. The van der Waals surface area contributed by atoms with Gasteiger partial charge in [-0.25, -0.2) is 13.1 Å². The van der Waals surface area contributed by atoms with E-state index in [1.807, 2.05) is 0 Å². The number of hydrogen-bond acceptors (Lipinski definition) is 7. The van der Waals surface area contributed by atoms with Gasteiger partial charge < -0.3 is 13.9 Å². The molecule has 0 amide bonds. The quantitative estimate of drug-likeness (QED) is 0.588. The van der Waals surface area contributed by atoms with Gasteiger partial charge in [-0.15, -0.1) is 10.2 Å². The van der Waals surface area contributed by atoms with Crippen LogP contribution in [0.3, 0.4) is 0 Å². The van der Waals surface area contributed by atoms with E-state index in [1.165, 1.54) is 18.2 Å². The van der Waals surface area contributed by atoms with E-state index in [-0.39, 0.29) is 29.3 Å². The largest absolute Gasteiger partial charge is 0.497 e. The Balaban J connectivity index is 1.58. The maximum atomic E-state index is 12.7. The van der Waals surface area contributed by atoms with Crippen molar-refractivity contribution in [2.45, 2.75) is 23.8 Å². The number of hydrogen-bond donors (Lipinski definition) is 1. The number of halogens is 1. The molecule has 4 rings (SSSR count). The van der Waals surface area contributed by atoms with Crippen LogP contribution in [0.1, 0.15) is 12.8 Å². The van der Waals surface area contributed by atoms with Crippen LogP contribution in [0.15, 0.2) is 51.8 Å². The molecular weight excluding hydrogens is 430 g/mol. The van der Waals surface area contributed by atoms with Crippen LogP contribution in [0, 0.1) is 0 Å². The number of nitrogens with zero attached hydrogens (tertiary/aromatic N) is 2. The van der Waals surface area contributed by atoms with Gasteiger partial charge in [0.25, 0.3) is 0 Å². The molecule has 2 heterocycles. The molecule has 1 aromatic heterocycles. The van der Waals surface area contributed by atoms with E-state index in [0.29, 0.717) is 28.5 Å². The lowest BCUT2D eigenvalue weighted by Crippen LogP contribution is -2.31. The molecule has 0 spiro atoms. The fourth-order valence-corrected chi connectivity index (χ4v) is 4.40. The summed E-state index contributed by atoms with van der Waals surface area (Å²) in [6, 6.07) is 11.5. The Kier molecular flexibility index (Phi) is 6.05. The first-order valence-corrected chi connectivity index (χ1v) is 11.2. The van der Waals surface area contributed by atoms with Gasteiger partial charge in [-0.05, 0) is 55.3 Å². The minimum atomic E-state index is -3.74. The number of ether oxygens (including phenoxy) is 2. The van der Waals surface area contributed by atoms with Crippen LogP contribution in [0.4, 0.5) is 0 Å². The van der Waals surface area contributed by atoms with E-state index in [1.54, 1.807) is 31.4 Å². The second kappa shape index (κ2) is 8.73. The smallest absolute Gasteiger partial charge is 0.249 e. The minimum Gasteiger partial charge on any atom is -0.497 e. The van der Waals surface area contributed by atoms with Gasteiger partial charge in [-0.2, -0.15) is 0 Å². The van der Waals surface area contributed by atoms with Gasteiger partial charge in [-0.3, -0.25) is 0 Å². The molecule has 1 saturated heterocycles. The highest BCUT2D eigenvalue weighted by atomic mass is 35.5. The first kappa shape index (κ1) is 20.8. The summed E-state index contributed by atoms with van der Waals surface area (Å²) in [6.45, 7) is 0.883. The molecule has 10 heteroatoms. The normalized spacial score (nSPS) is 16.7. The van der Waals surface area contributed by atoms with Crippen molar-refractivity contribution >= 4 is 21.6 Å². The molecule has 158 valence electrons. The third-order valence-electron chi connectivity index (χ3n) is 4.77. The lowest BCUT2D eigenvalue weighted by Gasteiger charge is -2.12. The van der Waals surface area contributed by atoms with Crippen molar-refractivity contribution < 1.29 is 22.3 Å². The first-order chi connectivity index (χ1) is 14.5. The van der Waals surface area contributed by atoms with Crippen molar-refractivity contribution in [2.75, 3.05) is 20.3 Å². The van der Waals surface area contributed by atoms with Gasteiger partial charge >= 0.3 is 0 Å². The van der Waals surface area contributed by atoms with E-state index in [2.05, 4.69) is 14.9 Å². The summed E-state index contributed by atoms with van der Waals surface area (Å²) in [5.74, 6) is 1.12. The lowest BCUT2D eigenvalue weighted by atomic mass is 10.2. The molecule has 0 saturated carbocycles. The van der Waals surface area contributed by atoms with E-state index in [4.69, 9.17) is 25.5 Å². The van der Waals surface area contributed by atoms with Gasteiger partial charge in [0, 0.05) is 18.7 Å². The molecule has 1 fully saturated rings. The van der Waals surface area contributed by atoms with Gasteiger partial charge in [0.1, 0.15) is 5.75 Å². The summed E-state index contributed by atoms with van der Waals surface area (Å²) < 4.78 is 44.3. The second-order valence-electron chi connectivity index (χ2n) is 6.77. The zero-order valence-electron chi connectivity index (χ0n) is 16.2. The van der Waals surface area contributed by atoms with E-state index in [9.17, 15) is 8.42 Å². The Morgan fingerprint density at radius 3 is 2.63 bits per heavy atom. The highest BCUT2D eigenvalue weighted by Crippen LogP contribution is 2.31. The average molecular weight is 450 g/mol. The molecule has 1 aliphatic rings. The number of aromatic nitrogens is 2. The van der Waals surface area contributed by atoms with E-state index < -0.39 is 10.0 Å². The van der Waals surface area contributed by atoms with Crippen molar-refractivity contribution in [1.29, 1.82) is 0 Å². The molecule has 1 aliphatic heterocycles. The second-order valence-corrected chi connectivity index (χ2v) is 8.94. The van der Waals surface area contributed by atoms with Crippen molar-refractivity contribution in [3.63, 3.8) is 0 Å². The van der Waals surface area contributed by atoms with Crippen LogP contribution >= 0.6 is 11.6 Å². The summed E-state index contributed by atoms with van der Waals surface area (Å²) in [7, 11) is -2.16. The summed E-state index contributed by atoms with van der Waals surface area (Å²) in [5, 5.41) is 8.38. The third kappa shape index (κ3) is 4.49. The van der Waals surface area contributed by atoms with Gasteiger partial charge in [-0.1, -0.05) is 11.6 Å². The van der Waals surface area contributed by atoms with Gasteiger partial charge in [0.15, 0.2) is 0 Å². The number of rotatable bonds is 7. The standard InChI is InChI=1S/C20H20ClN3O5S/c1-27-14-6-4-13(5-7-14)19-23-24-20(29-19)17-11-16(8-9-18(17)21)30(25,26)22-12-15-3-2-10-28-15/h4-9,11,15,22H,2-3,10,12H2,1H3/t15-/m0/s1. The third-order valence-corrected chi connectivity index (χ3v) is 6.52. The van der Waals surface area contributed by atoms with Crippen molar-refractivity contribution in [3.8, 4) is 28.7 Å². The summed E-state index contributed by atoms with van der Waals surface area (Å²) in [6.07, 6.45) is 1.67. The Labute approximate surface area is 179 Å². The predicted molar refractivity (Wildman–Crippen MR) is 111 cm³/mol. The van der Waals surface area contributed by atoms with Crippen LogP contribution in [0.25, 0.3) is 22.9 Å². The monoisotopic (exact) mass is 449 g/mol. The lowest BCUT2D eigenvalue weighted by molar-refractivity contribution is 0.114. The number of sulfonamides is 1. The van der Waals surface area contributed by atoms with Crippen LogP contribution in [0.5, 0.6) is 5.75 Å². The fraction of sp³-hybridized carbons (Fsp3) is 0.300. The van der Waals surface area contributed by atoms with Gasteiger partial charge in [0.2, 0.25) is 21.8 Å². The average Bonchev–Trinajstić information content (AvgIpc) is 3.45. The molecule has 1 N–H and O–H groups in total. The van der Waals surface area contributed by atoms with Crippen molar-refractivity contribution in [2.24, 2.45) is 0 Å². The molecule has 3 aromatic rings. The summed E-state index contributed by atoms with van der Waals surface area (Å²) in [5.41, 5.74) is 1.04. The number of benzene rings is 2. The fourth-order valence-electron chi connectivity index (χ4n) is 3.11. The minimum absolute atomic E-state index is 0.0593. The Bertz CT molecular complexity index is 1130. The summed E-state index contributed by atoms with van der Waals surface area (Å²) in [4.78, 5) is 0.0593. The molecule has 2 aromatic carbocycles. The summed E-state index contributed by atoms with van der Waals surface area (Å²) >= 11 is 6.28. The Hall–Kier alpha value is -2.46. The molecule has 8 nitrogen and oxygen atoms in total. The predicted octanol–water partition coefficient (Wildman–Crippen LogP) is 3.52. The van der Waals surface area contributed by atoms with Crippen LogP contribution in [-0.4, -0.2) is 45.0 Å². The van der Waals surface area contributed by atoms with Crippen LogP contribution < -0.4 is 9.46 Å². The SMILES string of the molecule is COc1ccc(-c2nnc(-c3cc(S(=O)(=O)NC[C@@H]4CCCO4)ccc3Cl)o2)cc1. The number of nitrogens with one attached hydrogen (secondary N) is 1. The maximum Gasteiger partial charge on any atom is 0.249 e. The Morgan fingerprint density at radius 2 is 1.93 bits per heavy atom. The Morgan fingerprint density at radius 1 is 1.17 bits per heavy atom. The topological polar surface area (TPSA) is 104 Å². The van der Waals surface area contributed by atoms with Crippen molar-refractivity contribution in [1.82, 2.24) is 14.9 Å². The molecule has 0 aliphatic carbocycles. The highest BCUT2D eigenvalue weighted by molar-refractivity contribution is 7.89. The van der Waals surface area contributed by atoms with Crippen LogP contribution in [-0.2, 0) is 14.8 Å². The molecule has 0 unspecified atom stereocenters. The highest BCUT2D eigenvalue weighted by Gasteiger charge is 2.22. The van der Waals surface area contributed by atoms with Crippen molar-refractivity contribution in [3.05, 3.63) is 47.5 Å². The zero-order valence-corrected chi connectivity index (χ0v) is 17.7. The van der Waals surface area contributed by atoms with Gasteiger partial charge in [0.05, 0.1) is 28.7 Å². The molecule has 0 bridgehead atoms. The molecular formula is C20H20ClN3O5S. The molecule has 30 heavy (non-hydrogen) atoms. The van der Waals surface area contributed by atoms with E-state index in [0.717, 1.165) is 12.8 Å². The maximum absolute atomic E-state index is 12.7. The molecule has 1 atom stereocenters. The number of methoxy groups -OCH3 is 1. The van der Waals surface area contributed by atoms with Crippen LogP contribution in [0.2, 0.25) is 5.02 Å². The zero-order chi connectivity index (χ0) is 21.1. The van der Waals surface area contributed by atoms with E-state index >= 15 is 0 Å². The molecule has 0 radical (unpaired) electrons.